The maximum absolute atomic E-state index is 12.4. The number of carbonyl (C=O) groups excluding carboxylic acids is 1. The first-order valence-corrected chi connectivity index (χ1v) is 8.07. The van der Waals surface area contributed by atoms with Crippen molar-refractivity contribution in [2.75, 3.05) is 18.4 Å². The van der Waals surface area contributed by atoms with Gasteiger partial charge in [-0.2, -0.15) is 0 Å². The number of aromatic nitrogens is 3. The van der Waals surface area contributed by atoms with Gasteiger partial charge in [0, 0.05) is 32.0 Å². The van der Waals surface area contributed by atoms with E-state index < -0.39 is 0 Å². The zero-order valence-corrected chi connectivity index (χ0v) is 13.1. The number of rotatable bonds is 4. The molecule has 6 heteroatoms. The highest BCUT2D eigenvalue weighted by molar-refractivity contribution is 5.92. The molecule has 0 aliphatic carbocycles. The van der Waals surface area contributed by atoms with Crippen molar-refractivity contribution in [1.82, 2.24) is 19.9 Å². The molecule has 2 aromatic rings. The summed E-state index contributed by atoms with van der Waals surface area (Å²) in [7, 11) is 0. The van der Waals surface area contributed by atoms with Crippen LogP contribution in [0.15, 0.2) is 36.9 Å². The fourth-order valence-electron chi connectivity index (χ4n) is 2.66. The van der Waals surface area contributed by atoms with Crippen LogP contribution in [0.2, 0.25) is 0 Å². The molecule has 0 radical (unpaired) electrons. The molecule has 120 valence electrons. The Bertz CT molecular complexity index is 621. The standard InChI is InChI=1S/C17H21N5O/c23-17(22-9-3-1-2-4-10-22)15-12-21-16(13-19-15)20-11-14-5-7-18-8-6-14/h5-8,12-13H,1-4,9-11H2,(H,20,21). The first-order chi connectivity index (χ1) is 11.3. The normalized spacial score (nSPS) is 15.0. The molecule has 0 saturated carbocycles. The molecule has 1 amide bonds. The highest BCUT2D eigenvalue weighted by atomic mass is 16.2. The molecule has 2 aromatic heterocycles. The molecule has 1 aliphatic rings. The van der Waals surface area contributed by atoms with Gasteiger partial charge in [0.25, 0.3) is 5.91 Å². The fourth-order valence-corrected chi connectivity index (χ4v) is 2.66. The highest BCUT2D eigenvalue weighted by Gasteiger charge is 2.18. The van der Waals surface area contributed by atoms with E-state index in [1.165, 1.54) is 12.8 Å². The summed E-state index contributed by atoms with van der Waals surface area (Å²) in [6.45, 7) is 2.29. The first kappa shape index (κ1) is 15.4. The minimum absolute atomic E-state index is 0.0138. The number of likely N-dealkylation sites (tertiary alicyclic amines) is 1. The largest absolute Gasteiger partial charge is 0.365 e. The molecule has 3 rings (SSSR count). The van der Waals surface area contributed by atoms with Crippen molar-refractivity contribution in [1.29, 1.82) is 0 Å². The summed E-state index contributed by atoms with van der Waals surface area (Å²) in [5, 5.41) is 3.19. The second kappa shape index (κ2) is 7.67. The third-order valence-corrected chi connectivity index (χ3v) is 3.99. The van der Waals surface area contributed by atoms with Crippen molar-refractivity contribution in [3.8, 4) is 0 Å². The molecule has 23 heavy (non-hydrogen) atoms. The minimum atomic E-state index is -0.0138. The molecular formula is C17H21N5O. The van der Waals surface area contributed by atoms with Crippen LogP contribution in [-0.2, 0) is 6.54 Å². The Morgan fingerprint density at radius 1 is 1.04 bits per heavy atom. The summed E-state index contributed by atoms with van der Waals surface area (Å²) in [6.07, 6.45) is 11.2. The molecule has 0 spiro atoms. The molecule has 0 atom stereocenters. The molecule has 1 saturated heterocycles. The van der Waals surface area contributed by atoms with Gasteiger partial charge in [-0.25, -0.2) is 9.97 Å². The Labute approximate surface area is 136 Å². The number of nitrogens with one attached hydrogen (secondary N) is 1. The van der Waals surface area contributed by atoms with Gasteiger partial charge in [-0.3, -0.25) is 9.78 Å². The number of hydrogen-bond donors (Lipinski definition) is 1. The van der Waals surface area contributed by atoms with E-state index in [-0.39, 0.29) is 5.91 Å². The van der Waals surface area contributed by atoms with Crippen LogP contribution in [0.1, 0.15) is 41.7 Å². The van der Waals surface area contributed by atoms with E-state index in [2.05, 4.69) is 20.3 Å². The molecule has 0 aromatic carbocycles. The number of nitrogens with zero attached hydrogens (tertiary/aromatic N) is 4. The predicted molar refractivity (Wildman–Crippen MR) is 88.0 cm³/mol. The van der Waals surface area contributed by atoms with Gasteiger partial charge in [-0.1, -0.05) is 12.8 Å². The van der Waals surface area contributed by atoms with E-state index in [1.54, 1.807) is 24.8 Å². The van der Waals surface area contributed by atoms with Crippen molar-refractivity contribution in [3.63, 3.8) is 0 Å². The zero-order chi connectivity index (χ0) is 15.9. The number of anilines is 1. The monoisotopic (exact) mass is 311 g/mol. The lowest BCUT2D eigenvalue weighted by atomic mass is 10.2. The van der Waals surface area contributed by atoms with Gasteiger partial charge < -0.3 is 10.2 Å². The van der Waals surface area contributed by atoms with Crippen LogP contribution in [0.5, 0.6) is 0 Å². The van der Waals surface area contributed by atoms with Crippen LogP contribution in [0.3, 0.4) is 0 Å². The number of carbonyl (C=O) groups is 1. The molecule has 1 aliphatic heterocycles. The van der Waals surface area contributed by atoms with Crippen LogP contribution >= 0.6 is 0 Å². The summed E-state index contributed by atoms with van der Waals surface area (Å²) in [5.74, 6) is 0.648. The third-order valence-electron chi connectivity index (χ3n) is 3.99. The lowest BCUT2D eigenvalue weighted by Gasteiger charge is -2.19. The Morgan fingerprint density at radius 2 is 1.78 bits per heavy atom. The Kier molecular flexibility index (Phi) is 5.13. The predicted octanol–water partition coefficient (Wildman–Crippen LogP) is 2.50. The molecule has 1 N–H and O–H groups in total. The lowest BCUT2D eigenvalue weighted by molar-refractivity contribution is 0.0755. The third kappa shape index (κ3) is 4.25. The van der Waals surface area contributed by atoms with Gasteiger partial charge >= 0.3 is 0 Å². The van der Waals surface area contributed by atoms with Crippen molar-refractivity contribution in [3.05, 3.63) is 48.2 Å². The van der Waals surface area contributed by atoms with E-state index in [0.717, 1.165) is 31.5 Å². The topological polar surface area (TPSA) is 71.0 Å². The van der Waals surface area contributed by atoms with E-state index in [1.807, 2.05) is 17.0 Å². The maximum Gasteiger partial charge on any atom is 0.274 e. The summed E-state index contributed by atoms with van der Waals surface area (Å²) < 4.78 is 0. The molecule has 6 nitrogen and oxygen atoms in total. The van der Waals surface area contributed by atoms with Gasteiger partial charge in [-0.15, -0.1) is 0 Å². The maximum atomic E-state index is 12.4. The minimum Gasteiger partial charge on any atom is -0.365 e. The molecule has 1 fully saturated rings. The SMILES string of the molecule is O=C(c1cnc(NCc2ccncc2)cn1)N1CCCCCC1. The average Bonchev–Trinajstić information content (AvgIpc) is 2.90. The average molecular weight is 311 g/mol. The smallest absolute Gasteiger partial charge is 0.274 e. The summed E-state index contributed by atoms with van der Waals surface area (Å²) in [4.78, 5) is 26.9. The van der Waals surface area contributed by atoms with E-state index in [0.29, 0.717) is 18.1 Å². The van der Waals surface area contributed by atoms with E-state index in [4.69, 9.17) is 0 Å². The van der Waals surface area contributed by atoms with Crippen LogP contribution in [0.4, 0.5) is 5.82 Å². The van der Waals surface area contributed by atoms with Crippen molar-refractivity contribution in [2.24, 2.45) is 0 Å². The second-order valence-corrected chi connectivity index (χ2v) is 5.70. The van der Waals surface area contributed by atoms with E-state index >= 15 is 0 Å². The van der Waals surface area contributed by atoms with Gasteiger partial charge in [0.05, 0.1) is 12.4 Å². The number of pyridine rings is 1. The van der Waals surface area contributed by atoms with E-state index in [9.17, 15) is 4.79 Å². The van der Waals surface area contributed by atoms with Gasteiger partial charge in [0.1, 0.15) is 11.5 Å². The van der Waals surface area contributed by atoms with Crippen LogP contribution in [-0.4, -0.2) is 38.8 Å². The zero-order valence-electron chi connectivity index (χ0n) is 13.1. The molecular weight excluding hydrogens is 290 g/mol. The Hall–Kier alpha value is -2.50. The summed E-state index contributed by atoms with van der Waals surface area (Å²) in [6, 6.07) is 3.88. The van der Waals surface area contributed by atoms with Crippen LogP contribution < -0.4 is 5.32 Å². The second-order valence-electron chi connectivity index (χ2n) is 5.70. The highest BCUT2D eigenvalue weighted by Crippen LogP contribution is 2.13. The Balaban J connectivity index is 1.59. The van der Waals surface area contributed by atoms with Crippen molar-refractivity contribution < 1.29 is 4.79 Å². The molecule has 0 unspecified atom stereocenters. The van der Waals surface area contributed by atoms with Crippen molar-refractivity contribution in [2.45, 2.75) is 32.2 Å². The quantitative estimate of drug-likeness (QED) is 0.939. The van der Waals surface area contributed by atoms with Crippen LogP contribution in [0.25, 0.3) is 0 Å². The van der Waals surface area contributed by atoms with Gasteiger partial charge in [0.2, 0.25) is 0 Å². The lowest BCUT2D eigenvalue weighted by Crippen LogP contribution is -2.32. The summed E-state index contributed by atoms with van der Waals surface area (Å²) in [5.41, 5.74) is 1.54. The van der Waals surface area contributed by atoms with Gasteiger partial charge in [-0.05, 0) is 30.5 Å². The number of amides is 1. The fraction of sp³-hybridized carbons (Fsp3) is 0.412. The van der Waals surface area contributed by atoms with Crippen LogP contribution in [0, 0.1) is 0 Å². The first-order valence-electron chi connectivity index (χ1n) is 8.07. The van der Waals surface area contributed by atoms with Crippen molar-refractivity contribution >= 4 is 11.7 Å². The number of hydrogen-bond acceptors (Lipinski definition) is 5. The molecule has 3 heterocycles. The summed E-state index contributed by atoms with van der Waals surface area (Å²) >= 11 is 0. The molecule has 0 bridgehead atoms. The van der Waals surface area contributed by atoms with Gasteiger partial charge in [0.15, 0.2) is 0 Å². The Morgan fingerprint density at radius 3 is 2.43 bits per heavy atom.